The van der Waals surface area contributed by atoms with E-state index in [1.165, 1.54) is 11.5 Å². The summed E-state index contributed by atoms with van der Waals surface area (Å²) < 4.78 is 9.19. The van der Waals surface area contributed by atoms with E-state index in [1.807, 2.05) is 13.0 Å². The predicted molar refractivity (Wildman–Crippen MR) is 51.4 cm³/mol. The molecule has 0 saturated heterocycles. The third-order valence-corrected chi connectivity index (χ3v) is 2.50. The fourth-order valence-electron chi connectivity index (χ4n) is 1.15. The highest BCUT2D eigenvalue weighted by Crippen LogP contribution is 2.26. The average molecular weight is 195 g/mol. The van der Waals surface area contributed by atoms with Crippen molar-refractivity contribution < 1.29 is 4.42 Å². The average Bonchev–Trinajstić information content (AvgIpc) is 2.71. The first-order valence-electron chi connectivity index (χ1n) is 3.97. The topological polar surface area (TPSA) is 64.9 Å². The van der Waals surface area contributed by atoms with Crippen LogP contribution in [-0.2, 0) is 6.42 Å². The van der Waals surface area contributed by atoms with Crippen molar-refractivity contribution in [3.05, 3.63) is 18.1 Å². The maximum Gasteiger partial charge on any atom is 0.232 e. The molecule has 0 spiro atoms. The Kier molecular flexibility index (Phi) is 2.02. The van der Waals surface area contributed by atoms with Gasteiger partial charge in [-0.3, -0.25) is 0 Å². The van der Waals surface area contributed by atoms with Crippen LogP contribution in [0.5, 0.6) is 0 Å². The van der Waals surface area contributed by atoms with Crippen LogP contribution in [0.15, 0.2) is 16.7 Å². The lowest BCUT2D eigenvalue weighted by Crippen LogP contribution is -1.86. The van der Waals surface area contributed by atoms with Gasteiger partial charge in [0.05, 0.1) is 11.8 Å². The zero-order valence-electron chi connectivity index (χ0n) is 7.15. The standard InChI is InChI=1S/C8H9N3OS/c1-2-6-5(3-4-12-6)7-10-8(9)11-13-7/h3-4H,2H2,1H3,(H2,9,11). The lowest BCUT2D eigenvalue weighted by molar-refractivity contribution is 0.517. The summed E-state index contributed by atoms with van der Waals surface area (Å²) in [4.78, 5) is 4.09. The van der Waals surface area contributed by atoms with Crippen molar-refractivity contribution in [2.24, 2.45) is 0 Å². The maximum absolute atomic E-state index is 5.43. The van der Waals surface area contributed by atoms with Gasteiger partial charge in [0.2, 0.25) is 5.95 Å². The van der Waals surface area contributed by atoms with E-state index in [4.69, 9.17) is 10.2 Å². The molecule has 0 bridgehead atoms. The molecule has 0 aliphatic heterocycles. The molecular formula is C8H9N3OS. The van der Waals surface area contributed by atoms with E-state index in [9.17, 15) is 0 Å². The van der Waals surface area contributed by atoms with Gasteiger partial charge in [-0.05, 0) is 17.6 Å². The normalized spacial score (nSPS) is 10.5. The van der Waals surface area contributed by atoms with Gasteiger partial charge in [0.15, 0.2) is 0 Å². The Labute approximate surface area is 79.6 Å². The number of nitrogens with zero attached hydrogens (tertiary/aromatic N) is 2. The molecule has 0 radical (unpaired) electrons. The molecule has 2 aromatic rings. The van der Waals surface area contributed by atoms with Gasteiger partial charge in [-0.15, -0.1) is 0 Å². The van der Waals surface area contributed by atoms with Gasteiger partial charge in [-0.25, -0.2) is 0 Å². The van der Waals surface area contributed by atoms with E-state index in [2.05, 4.69) is 9.36 Å². The van der Waals surface area contributed by atoms with E-state index in [1.54, 1.807) is 6.26 Å². The van der Waals surface area contributed by atoms with Gasteiger partial charge in [-0.1, -0.05) is 6.92 Å². The van der Waals surface area contributed by atoms with Gasteiger partial charge >= 0.3 is 0 Å². The van der Waals surface area contributed by atoms with Crippen molar-refractivity contribution in [2.45, 2.75) is 13.3 Å². The smallest absolute Gasteiger partial charge is 0.232 e. The molecule has 2 aromatic heterocycles. The molecule has 0 atom stereocenters. The summed E-state index contributed by atoms with van der Waals surface area (Å²) in [5.74, 6) is 1.25. The first-order valence-corrected chi connectivity index (χ1v) is 4.74. The molecule has 0 aliphatic carbocycles. The molecule has 2 heterocycles. The Balaban J connectivity index is 2.45. The van der Waals surface area contributed by atoms with Crippen molar-refractivity contribution in [2.75, 3.05) is 5.73 Å². The fraction of sp³-hybridized carbons (Fsp3) is 0.250. The van der Waals surface area contributed by atoms with Gasteiger partial charge in [-0.2, -0.15) is 9.36 Å². The highest BCUT2D eigenvalue weighted by Gasteiger charge is 2.10. The number of hydrogen-bond acceptors (Lipinski definition) is 5. The SMILES string of the molecule is CCc1occc1-c1nc(N)ns1. The van der Waals surface area contributed by atoms with Crippen LogP contribution in [0.3, 0.4) is 0 Å². The minimum absolute atomic E-state index is 0.322. The number of aromatic nitrogens is 2. The second-order valence-corrected chi connectivity index (χ2v) is 3.32. The first kappa shape index (κ1) is 8.25. The highest BCUT2D eigenvalue weighted by molar-refractivity contribution is 7.09. The quantitative estimate of drug-likeness (QED) is 0.795. The van der Waals surface area contributed by atoms with E-state index in [0.29, 0.717) is 5.95 Å². The summed E-state index contributed by atoms with van der Waals surface area (Å²) in [5, 5.41) is 0.822. The van der Waals surface area contributed by atoms with Gasteiger partial charge in [0.25, 0.3) is 0 Å². The van der Waals surface area contributed by atoms with Crippen molar-refractivity contribution in [3.8, 4) is 10.6 Å². The number of anilines is 1. The Morgan fingerprint density at radius 3 is 3.08 bits per heavy atom. The van der Waals surface area contributed by atoms with Gasteiger partial charge < -0.3 is 10.2 Å². The zero-order chi connectivity index (χ0) is 9.26. The van der Waals surface area contributed by atoms with E-state index < -0.39 is 0 Å². The van der Waals surface area contributed by atoms with Gasteiger partial charge in [0, 0.05) is 6.42 Å². The highest BCUT2D eigenvalue weighted by atomic mass is 32.1. The summed E-state index contributed by atoms with van der Waals surface area (Å²) in [7, 11) is 0. The van der Waals surface area contributed by atoms with Crippen LogP contribution in [0.25, 0.3) is 10.6 Å². The van der Waals surface area contributed by atoms with E-state index >= 15 is 0 Å². The molecule has 68 valence electrons. The molecule has 0 saturated carbocycles. The summed E-state index contributed by atoms with van der Waals surface area (Å²) in [5.41, 5.74) is 6.43. The largest absolute Gasteiger partial charge is 0.469 e. The Bertz CT molecular complexity index is 407. The van der Waals surface area contributed by atoms with Crippen LogP contribution in [-0.4, -0.2) is 9.36 Å². The third-order valence-electron chi connectivity index (χ3n) is 1.74. The minimum Gasteiger partial charge on any atom is -0.469 e. The Morgan fingerprint density at radius 2 is 2.46 bits per heavy atom. The van der Waals surface area contributed by atoms with Crippen molar-refractivity contribution >= 4 is 17.5 Å². The van der Waals surface area contributed by atoms with Crippen molar-refractivity contribution in [1.29, 1.82) is 0 Å². The third kappa shape index (κ3) is 1.42. The minimum atomic E-state index is 0.322. The Hall–Kier alpha value is -1.36. The molecule has 4 nitrogen and oxygen atoms in total. The number of nitrogens with two attached hydrogens (primary N) is 1. The van der Waals surface area contributed by atoms with Crippen LogP contribution >= 0.6 is 11.5 Å². The lowest BCUT2D eigenvalue weighted by atomic mass is 10.2. The molecule has 0 unspecified atom stereocenters. The molecule has 0 amide bonds. The molecule has 2 rings (SSSR count). The summed E-state index contributed by atoms with van der Waals surface area (Å²) >= 11 is 1.29. The lowest BCUT2D eigenvalue weighted by Gasteiger charge is -1.92. The van der Waals surface area contributed by atoms with Crippen LogP contribution in [0, 0.1) is 0 Å². The number of aryl methyl sites for hydroxylation is 1. The molecular weight excluding hydrogens is 186 g/mol. The van der Waals surface area contributed by atoms with Crippen LogP contribution < -0.4 is 5.73 Å². The van der Waals surface area contributed by atoms with Crippen LogP contribution in [0.4, 0.5) is 5.95 Å². The summed E-state index contributed by atoms with van der Waals surface area (Å²) in [6, 6.07) is 1.89. The van der Waals surface area contributed by atoms with E-state index in [0.717, 1.165) is 22.8 Å². The maximum atomic E-state index is 5.43. The van der Waals surface area contributed by atoms with Crippen molar-refractivity contribution in [3.63, 3.8) is 0 Å². The van der Waals surface area contributed by atoms with Crippen molar-refractivity contribution in [1.82, 2.24) is 9.36 Å². The van der Waals surface area contributed by atoms with Crippen LogP contribution in [0.1, 0.15) is 12.7 Å². The molecule has 2 N–H and O–H groups in total. The second kappa shape index (κ2) is 3.18. The molecule has 0 fully saturated rings. The number of nitrogen functional groups attached to an aromatic ring is 1. The van der Waals surface area contributed by atoms with Crippen LogP contribution in [0.2, 0.25) is 0 Å². The molecule has 0 aromatic carbocycles. The Morgan fingerprint density at radius 1 is 1.62 bits per heavy atom. The van der Waals surface area contributed by atoms with Gasteiger partial charge in [0.1, 0.15) is 10.8 Å². The second-order valence-electron chi connectivity index (χ2n) is 2.57. The number of hydrogen-bond donors (Lipinski definition) is 1. The first-order chi connectivity index (χ1) is 6.31. The number of furan rings is 1. The van der Waals surface area contributed by atoms with E-state index in [-0.39, 0.29) is 0 Å². The summed E-state index contributed by atoms with van der Waals surface area (Å²) in [6.45, 7) is 2.03. The summed E-state index contributed by atoms with van der Waals surface area (Å²) in [6.07, 6.45) is 2.51. The fourth-order valence-corrected chi connectivity index (χ4v) is 1.78. The molecule has 13 heavy (non-hydrogen) atoms. The monoisotopic (exact) mass is 195 g/mol. The molecule has 5 heteroatoms. The molecule has 0 aliphatic rings. The predicted octanol–water partition coefficient (Wildman–Crippen LogP) is 1.94. The zero-order valence-corrected chi connectivity index (χ0v) is 7.97. The number of rotatable bonds is 2.